The largest absolute Gasteiger partial charge is 0.350 e. The van der Waals surface area contributed by atoms with E-state index in [0.717, 1.165) is 36.0 Å². The first-order chi connectivity index (χ1) is 11.6. The second-order valence-electron chi connectivity index (χ2n) is 5.55. The fourth-order valence-electron chi connectivity index (χ4n) is 2.57. The van der Waals surface area contributed by atoms with Gasteiger partial charge in [-0.2, -0.15) is 0 Å². The Hall–Kier alpha value is -1.55. The standard InChI is InChI=1S/C15H19N5O2S2.ClH/c1-11-13(24-18-17-11)15(22)20-8-6-19(7-9-20)5-4-16-14(21)12-3-2-10-23-12;/h2-3,10H,4-9H2,1H3,(H,16,21);1H. The van der Waals surface area contributed by atoms with Crippen LogP contribution in [-0.2, 0) is 0 Å². The second-order valence-corrected chi connectivity index (χ2v) is 7.26. The molecule has 0 spiro atoms. The lowest BCUT2D eigenvalue weighted by Gasteiger charge is -2.34. The molecular formula is C15H20ClN5O2S2. The van der Waals surface area contributed by atoms with Crippen molar-refractivity contribution in [3.8, 4) is 0 Å². The van der Waals surface area contributed by atoms with Crippen LogP contribution in [0.15, 0.2) is 17.5 Å². The van der Waals surface area contributed by atoms with Gasteiger partial charge in [0.2, 0.25) is 0 Å². The maximum Gasteiger partial charge on any atom is 0.267 e. The Morgan fingerprint density at radius 3 is 2.64 bits per heavy atom. The molecule has 0 radical (unpaired) electrons. The SMILES string of the molecule is Cc1nnsc1C(=O)N1CCN(CCNC(=O)c2cccs2)CC1.Cl. The van der Waals surface area contributed by atoms with Crippen molar-refractivity contribution >= 4 is 47.1 Å². The van der Waals surface area contributed by atoms with Crippen molar-refractivity contribution < 1.29 is 9.59 Å². The van der Waals surface area contributed by atoms with Crippen molar-refractivity contribution in [3.05, 3.63) is 33.0 Å². The van der Waals surface area contributed by atoms with Gasteiger partial charge in [-0.25, -0.2) is 0 Å². The van der Waals surface area contributed by atoms with Gasteiger partial charge in [0.15, 0.2) is 0 Å². The molecule has 1 aliphatic heterocycles. The number of nitrogens with zero attached hydrogens (tertiary/aromatic N) is 4. The van der Waals surface area contributed by atoms with Gasteiger partial charge in [-0.15, -0.1) is 28.8 Å². The maximum absolute atomic E-state index is 12.4. The van der Waals surface area contributed by atoms with E-state index in [1.807, 2.05) is 29.3 Å². The molecule has 1 saturated heterocycles. The molecule has 1 fully saturated rings. The first-order valence-corrected chi connectivity index (χ1v) is 9.43. The third-order valence-electron chi connectivity index (χ3n) is 3.96. The molecule has 3 heterocycles. The summed E-state index contributed by atoms with van der Waals surface area (Å²) in [5.74, 6) is 0.000123. The van der Waals surface area contributed by atoms with Gasteiger partial charge in [-0.05, 0) is 29.9 Å². The molecule has 1 aliphatic rings. The van der Waals surface area contributed by atoms with E-state index in [2.05, 4.69) is 19.8 Å². The van der Waals surface area contributed by atoms with Crippen LogP contribution in [0.3, 0.4) is 0 Å². The summed E-state index contributed by atoms with van der Waals surface area (Å²) in [4.78, 5) is 29.8. The number of carbonyl (C=O) groups excluding carboxylic acids is 2. The number of hydrogen-bond acceptors (Lipinski definition) is 7. The summed E-state index contributed by atoms with van der Waals surface area (Å²) < 4.78 is 3.83. The Bertz CT molecular complexity index is 699. The lowest BCUT2D eigenvalue weighted by Crippen LogP contribution is -2.50. The highest BCUT2D eigenvalue weighted by molar-refractivity contribution is 7.12. The van der Waals surface area contributed by atoms with Crippen molar-refractivity contribution in [1.29, 1.82) is 0 Å². The molecule has 2 amide bonds. The summed E-state index contributed by atoms with van der Waals surface area (Å²) in [7, 11) is 0. The molecule has 136 valence electrons. The van der Waals surface area contributed by atoms with Crippen molar-refractivity contribution in [2.75, 3.05) is 39.3 Å². The Labute approximate surface area is 160 Å². The van der Waals surface area contributed by atoms with Gasteiger partial charge in [0.25, 0.3) is 11.8 Å². The number of aryl methyl sites for hydroxylation is 1. The number of rotatable bonds is 5. The molecule has 2 aromatic rings. The average Bonchev–Trinajstić information content (AvgIpc) is 3.26. The van der Waals surface area contributed by atoms with Crippen LogP contribution in [0, 0.1) is 6.92 Å². The van der Waals surface area contributed by atoms with Crippen LogP contribution in [0.2, 0.25) is 0 Å². The fourth-order valence-corrected chi connectivity index (χ4v) is 3.83. The molecule has 0 atom stereocenters. The van der Waals surface area contributed by atoms with Crippen LogP contribution in [-0.4, -0.2) is 70.5 Å². The van der Waals surface area contributed by atoms with Crippen LogP contribution in [0.25, 0.3) is 0 Å². The van der Waals surface area contributed by atoms with Gasteiger partial charge in [0, 0.05) is 39.3 Å². The minimum atomic E-state index is -0.0213. The maximum atomic E-state index is 12.4. The van der Waals surface area contributed by atoms with Gasteiger partial charge in [0.05, 0.1) is 10.6 Å². The number of thiophene rings is 1. The highest BCUT2D eigenvalue weighted by Crippen LogP contribution is 2.14. The zero-order valence-corrected chi connectivity index (χ0v) is 16.3. The summed E-state index contributed by atoms with van der Waals surface area (Å²) >= 11 is 2.60. The predicted octanol–water partition coefficient (Wildman–Crippen LogP) is 1.52. The van der Waals surface area contributed by atoms with Crippen LogP contribution >= 0.6 is 35.3 Å². The molecule has 0 aromatic carbocycles. The van der Waals surface area contributed by atoms with E-state index in [1.54, 1.807) is 0 Å². The molecule has 0 saturated carbocycles. The Balaban J connectivity index is 0.00000225. The number of piperazine rings is 1. The third kappa shape index (κ3) is 4.97. The number of nitrogens with one attached hydrogen (secondary N) is 1. The van der Waals surface area contributed by atoms with E-state index in [0.29, 0.717) is 30.2 Å². The summed E-state index contributed by atoms with van der Waals surface area (Å²) in [6.45, 7) is 6.22. The lowest BCUT2D eigenvalue weighted by atomic mass is 10.2. The molecule has 7 nitrogen and oxygen atoms in total. The van der Waals surface area contributed by atoms with Crippen LogP contribution < -0.4 is 5.32 Å². The summed E-state index contributed by atoms with van der Waals surface area (Å²) in [5.41, 5.74) is 0.698. The van der Waals surface area contributed by atoms with Crippen LogP contribution in [0.4, 0.5) is 0 Å². The van der Waals surface area contributed by atoms with Crippen LogP contribution in [0.1, 0.15) is 25.0 Å². The van der Waals surface area contributed by atoms with E-state index in [1.165, 1.54) is 11.3 Å². The van der Waals surface area contributed by atoms with Crippen molar-refractivity contribution in [3.63, 3.8) is 0 Å². The molecule has 10 heteroatoms. The normalized spacial score (nSPS) is 14.8. The number of carbonyl (C=O) groups is 2. The van der Waals surface area contributed by atoms with E-state index >= 15 is 0 Å². The van der Waals surface area contributed by atoms with E-state index in [-0.39, 0.29) is 24.2 Å². The first kappa shape index (κ1) is 19.8. The van der Waals surface area contributed by atoms with Gasteiger partial charge in [0.1, 0.15) is 4.88 Å². The van der Waals surface area contributed by atoms with Crippen molar-refractivity contribution in [2.45, 2.75) is 6.92 Å². The highest BCUT2D eigenvalue weighted by Gasteiger charge is 2.24. The van der Waals surface area contributed by atoms with Gasteiger partial charge >= 0.3 is 0 Å². The van der Waals surface area contributed by atoms with Crippen molar-refractivity contribution in [1.82, 2.24) is 24.7 Å². The Morgan fingerprint density at radius 1 is 1.28 bits per heavy atom. The lowest BCUT2D eigenvalue weighted by molar-refractivity contribution is 0.0642. The Kier molecular flexibility index (Phi) is 7.30. The first-order valence-electron chi connectivity index (χ1n) is 7.77. The van der Waals surface area contributed by atoms with E-state index in [9.17, 15) is 9.59 Å². The quantitative estimate of drug-likeness (QED) is 0.821. The molecule has 3 rings (SSSR count). The molecular weight excluding hydrogens is 382 g/mol. The Morgan fingerprint density at radius 2 is 2.04 bits per heavy atom. The summed E-state index contributed by atoms with van der Waals surface area (Å²) in [6.07, 6.45) is 0. The van der Waals surface area contributed by atoms with Crippen molar-refractivity contribution in [2.24, 2.45) is 0 Å². The number of aromatic nitrogens is 2. The smallest absolute Gasteiger partial charge is 0.267 e. The monoisotopic (exact) mass is 401 g/mol. The number of amides is 2. The van der Waals surface area contributed by atoms with Gasteiger partial charge in [-0.3, -0.25) is 14.5 Å². The minimum absolute atomic E-state index is 0. The van der Waals surface area contributed by atoms with E-state index < -0.39 is 0 Å². The van der Waals surface area contributed by atoms with E-state index in [4.69, 9.17) is 0 Å². The number of hydrogen-bond donors (Lipinski definition) is 1. The summed E-state index contributed by atoms with van der Waals surface area (Å²) in [5, 5.41) is 8.72. The predicted molar refractivity (Wildman–Crippen MR) is 101 cm³/mol. The summed E-state index contributed by atoms with van der Waals surface area (Å²) in [6, 6.07) is 3.69. The molecule has 25 heavy (non-hydrogen) atoms. The fraction of sp³-hybridized carbons (Fsp3) is 0.467. The second kappa shape index (κ2) is 9.23. The molecule has 0 unspecified atom stereocenters. The molecule has 0 bridgehead atoms. The average molecular weight is 402 g/mol. The zero-order valence-electron chi connectivity index (χ0n) is 13.8. The molecule has 0 aliphatic carbocycles. The van der Waals surface area contributed by atoms with Gasteiger partial charge < -0.3 is 10.2 Å². The number of halogens is 1. The van der Waals surface area contributed by atoms with Gasteiger partial charge in [-0.1, -0.05) is 10.6 Å². The third-order valence-corrected chi connectivity index (χ3v) is 5.65. The molecule has 1 N–H and O–H groups in total. The topological polar surface area (TPSA) is 78.4 Å². The van der Waals surface area contributed by atoms with Crippen LogP contribution in [0.5, 0.6) is 0 Å². The zero-order chi connectivity index (χ0) is 16.9. The molecule has 2 aromatic heterocycles. The highest BCUT2D eigenvalue weighted by atomic mass is 35.5. The minimum Gasteiger partial charge on any atom is -0.350 e.